The zero-order valence-corrected chi connectivity index (χ0v) is 10.3. The first-order valence-electron chi connectivity index (χ1n) is 4.83. The Bertz CT molecular complexity index is 414. The molecule has 0 aliphatic carbocycles. The van der Waals surface area contributed by atoms with Crippen LogP contribution in [-0.4, -0.2) is 40.5 Å². The molecular weight excluding hydrogens is 228 g/mol. The first-order chi connectivity index (χ1) is 7.41. The highest BCUT2D eigenvalue weighted by atomic mass is 32.1. The van der Waals surface area contributed by atoms with Crippen molar-refractivity contribution in [1.82, 2.24) is 9.88 Å². The fourth-order valence-electron chi connectivity index (χ4n) is 1.18. The zero-order valence-electron chi connectivity index (χ0n) is 9.48. The molecule has 5 nitrogen and oxygen atoms in total. The van der Waals surface area contributed by atoms with Crippen LogP contribution in [-0.2, 0) is 11.2 Å². The molecule has 1 aromatic heterocycles. The summed E-state index contributed by atoms with van der Waals surface area (Å²) in [6.45, 7) is 3.73. The summed E-state index contributed by atoms with van der Waals surface area (Å²) in [6.07, 6.45) is 0.592. The molecule has 0 aromatic carbocycles. The number of hydrogen-bond acceptors (Lipinski definition) is 4. The van der Waals surface area contributed by atoms with Crippen LogP contribution < -0.4 is 0 Å². The van der Waals surface area contributed by atoms with E-state index >= 15 is 0 Å². The normalized spacial score (nSPS) is 10.2. The van der Waals surface area contributed by atoms with Gasteiger partial charge in [0.1, 0.15) is 4.88 Å². The van der Waals surface area contributed by atoms with Crippen molar-refractivity contribution in [2.24, 2.45) is 0 Å². The van der Waals surface area contributed by atoms with E-state index in [1.165, 1.54) is 18.3 Å². The summed E-state index contributed by atoms with van der Waals surface area (Å²) in [4.78, 5) is 27.8. The number of nitrogens with zero attached hydrogens (tertiary/aromatic N) is 2. The molecule has 1 amide bonds. The van der Waals surface area contributed by atoms with Crippen molar-refractivity contribution in [1.29, 1.82) is 0 Å². The van der Waals surface area contributed by atoms with Gasteiger partial charge < -0.3 is 10.0 Å². The molecule has 0 aliphatic heterocycles. The predicted molar refractivity (Wildman–Crippen MR) is 60.8 cm³/mol. The van der Waals surface area contributed by atoms with Crippen LogP contribution in [0.5, 0.6) is 0 Å². The number of rotatable bonds is 4. The summed E-state index contributed by atoms with van der Waals surface area (Å²) < 4.78 is 0. The molecule has 0 aliphatic rings. The number of aromatic carboxylic acids is 1. The second-order valence-corrected chi connectivity index (χ2v) is 4.60. The lowest BCUT2D eigenvalue weighted by molar-refractivity contribution is -0.127. The van der Waals surface area contributed by atoms with E-state index in [0.29, 0.717) is 18.7 Å². The summed E-state index contributed by atoms with van der Waals surface area (Å²) in [5.74, 6) is -0.951. The molecule has 16 heavy (non-hydrogen) atoms. The smallest absolute Gasteiger partial charge is 0.347 e. The monoisotopic (exact) mass is 242 g/mol. The topological polar surface area (TPSA) is 70.5 Å². The standard InChI is InChI=1S/C10H14N2O3S/c1-6-9(10(14)15)16-8(11-6)4-5-12(3)7(2)13/h4-5H2,1-3H3,(H,14,15). The van der Waals surface area contributed by atoms with Crippen molar-refractivity contribution in [3.8, 4) is 0 Å². The Hall–Kier alpha value is -1.43. The molecule has 0 saturated heterocycles. The Balaban J connectivity index is 2.65. The van der Waals surface area contributed by atoms with E-state index in [4.69, 9.17) is 5.11 Å². The maximum atomic E-state index is 11.0. The lowest BCUT2D eigenvalue weighted by atomic mass is 10.4. The number of carboxylic acids is 1. The number of carbonyl (C=O) groups excluding carboxylic acids is 1. The number of amides is 1. The van der Waals surface area contributed by atoms with Gasteiger partial charge >= 0.3 is 5.97 Å². The minimum Gasteiger partial charge on any atom is -0.477 e. The first-order valence-corrected chi connectivity index (χ1v) is 5.64. The number of likely N-dealkylation sites (N-methyl/N-ethyl adjacent to an activating group) is 1. The molecule has 6 heteroatoms. The first kappa shape index (κ1) is 12.6. The Kier molecular flexibility index (Phi) is 4.00. The molecule has 0 bridgehead atoms. The number of carbonyl (C=O) groups is 2. The van der Waals surface area contributed by atoms with Gasteiger partial charge in [-0.3, -0.25) is 4.79 Å². The van der Waals surface area contributed by atoms with Crippen molar-refractivity contribution in [2.75, 3.05) is 13.6 Å². The molecule has 0 unspecified atom stereocenters. The van der Waals surface area contributed by atoms with E-state index in [1.54, 1.807) is 18.9 Å². The second-order valence-electron chi connectivity index (χ2n) is 3.52. The Morgan fingerprint density at radius 2 is 2.12 bits per heavy atom. The minimum absolute atomic E-state index is 0.00765. The van der Waals surface area contributed by atoms with Crippen LogP contribution in [0.15, 0.2) is 0 Å². The van der Waals surface area contributed by atoms with E-state index in [1.807, 2.05) is 0 Å². The average Bonchev–Trinajstić information content (AvgIpc) is 2.56. The largest absolute Gasteiger partial charge is 0.477 e. The van der Waals surface area contributed by atoms with Crippen molar-refractivity contribution in [2.45, 2.75) is 20.3 Å². The third-order valence-electron chi connectivity index (χ3n) is 2.23. The fourth-order valence-corrected chi connectivity index (χ4v) is 2.07. The van der Waals surface area contributed by atoms with Crippen LogP contribution in [0.25, 0.3) is 0 Å². The molecule has 0 atom stereocenters. The Labute approximate surface area is 97.7 Å². The summed E-state index contributed by atoms with van der Waals surface area (Å²) in [5.41, 5.74) is 0.540. The van der Waals surface area contributed by atoms with E-state index in [9.17, 15) is 9.59 Å². The number of hydrogen-bond donors (Lipinski definition) is 1. The molecule has 1 N–H and O–H groups in total. The van der Waals surface area contributed by atoms with Gasteiger partial charge in [0.25, 0.3) is 0 Å². The van der Waals surface area contributed by atoms with Crippen molar-refractivity contribution in [3.63, 3.8) is 0 Å². The minimum atomic E-state index is -0.943. The van der Waals surface area contributed by atoms with Gasteiger partial charge in [-0.25, -0.2) is 9.78 Å². The van der Waals surface area contributed by atoms with Crippen LogP contribution in [0.4, 0.5) is 0 Å². The lowest BCUT2D eigenvalue weighted by Crippen LogP contribution is -2.26. The highest BCUT2D eigenvalue weighted by Crippen LogP contribution is 2.18. The molecule has 0 radical (unpaired) electrons. The van der Waals surface area contributed by atoms with Crippen LogP contribution in [0.3, 0.4) is 0 Å². The van der Waals surface area contributed by atoms with Gasteiger partial charge in [0.2, 0.25) is 5.91 Å². The predicted octanol–water partition coefficient (Wildman–Crippen LogP) is 1.17. The van der Waals surface area contributed by atoms with Gasteiger partial charge in [0, 0.05) is 26.9 Å². The highest BCUT2D eigenvalue weighted by Gasteiger charge is 2.14. The molecule has 0 spiro atoms. The van der Waals surface area contributed by atoms with Gasteiger partial charge in [-0.05, 0) is 6.92 Å². The molecule has 88 valence electrons. The molecule has 1 aromatic rings. The number of carboxylic acid groups (broad SMARTS) is 1. The van der Waals surface area contributed by atoms with Crippen molar-refractivity contribution in [3.05, 3.63) is 15.6 Å². The van der Waals surface area contributed by atoms with E-state index in [2.05, 4.69) is 4.98 Å². The third kappa shape index (κ3) is 3.03. The third-order valence-corrected chi connectivity index (χ3v) is 3.44. The highest BCUT2D eigenvalue weighted by molar-refractivity contribution is 7.13. The van der Waals surface area contributed by atoms with Crippen LogP contribution in [0.1, 0.15) is 27.3 Å². The summed E-state index contributed by atoms with van der Waals surface area (Å²) in [5, 5.41) is 9.60. The van der Waals surface area contributed by atoms with Crippen LogP contribution in [0.2, 0.25) is 0 Å². The quantitative estimate of drug-likeness (QED) is 0.860. The maximum Gasteiger partial charge on any atom is 0.347 e. The summed E-state index contributed by atoms with van der Waals surface area (Å²) >= 11 is 1.17. The van der Waals surface area contributed by atoms with E-state index in [-0.39, 0.29) is 10.8 Å². The SMILES string of the molecule is CC(=O)N(C)CCc1nc(C)c(C(=O)O)s1. The molecule has 1 rings (SSSR count). The maximum absolute atomic E-state index is 11.0. The number of aromatic nitrogens is 1. The van der Waals surface area contributed by atoms with Crippen LogP contribution >= 0.6 is 11.3 Å². The van der Waals surface area contributed by atoms with Crippen molar-refractivity contribution >= 4 is 23.2 Å². The number of aryl methyl sites for hydroxylation is 1. The lowest BCUT2D eigenvalue weighted by Gasteiger charge is -2.12. The molecule has 0 saturated carbocycles. The summed E-state index contributed by atoms with van der Waals surface area (Å²) in [6, 6.07) is 0. The zero-order chi connectivity index (χ0) is 12.3. The van der Waals surface area contributed by atoms with Crippen molar-refractivity contribution < 1.29 is 14.7 Å². The van der Waals surface area contributed by atoms with Gasteiger partial charge in [-0.2, -0.15) is 0 Å². The Morgan fingerprint density at radius 3 is 2.56 bits per heavy atom. The summed E-state index contributed by atoms with van der Waals surface area (Å²) in [7, 11) is 1.71. The van der Waals surface area contributed by atoms with Gasteiger partial charge in [0.15, 0.2) is 0 Å². The molecule has 1 heterocycles. The van der Waals surface area contributed by atoms with Crippen LogP contribution in [0, 0.1) is 6.92 Å². The van der Waals surface area contributed by atoms with Gasteiger partial charge in [0.05, 0.1) is 10.7 Å². The van der Waals surface area contributed by atoms with E-state index < -0.39 is 5.97 Å². The molecule has 0 fully saturated rings. The molecular formula is C10H14N2O3S. The van der Waals surface area contributed by atoms with E-state index in [0.717, 1.165) is 5.01 Å². The number of thiazole rings is 1. The fraction of sp³-hybridized carbons (Fsp3) is 0.500. The second kappa shape index (κ2) is 5.07. The average molecular weight is 242 g/mol. The van der Waals surface area contributed by atoms with Gasteiger partial charge in [-0.15, -0.1) is 11.3 Å². The van der Waals surface area contributed by atoms with Gasteiger partial charge in [-0.1, -0.05) is 0 Å². The Morgan fingerprint density at radius 1 is 1.50 bits per heavy atom.